The molecular weight excluding hydrogens is 236 g/mol. The van der Waals surface area contributed by atoms with Gasteiger partial charge < -0.3 is 10.1 Å². The van der Waals surface area contributed by atoms with Crippen LogP contribution in [0.25, 0.3) is 0 Å². The van der Waals surface area contributed by atoms with Crippen LogP contribution in [0.15, 0.2) is 0 Å². The molecular formula is C16H32N2O. The molecule has 2 fully saturated rings. The molecule has 0 radical (unpaired) electrons. The fourth-order valence-corrected chi connectivity index (χ4v) is 3.71. The van der Waals surface area contributed by atoms with Crippen LogP contribution in [0.4, 0.5) is 0 Å². The molecule has 2 aliphatic rings. The number of rotatable bonds is 7. The summed E-state index contributed by atoms with van der Waals surface area (Å²) < 4.78 is 5.32. The first-order valence-corrected chi connectivity index (χ1v) is 8.09. The largest absolute Gasteiger partial charge is 0.383 e. The van der Waals surface area contributed by atoms with Gasteiger partial charge >= 0.3 is 0 Å². The lowest BCUT2D eigenvalue weighted by Gasteiger charge is -2.44. The van der Waals surface area contributed by atoms with Crippen molar-refractivity contribution in [3.8, 4) is 0 Å². The fraction of sp³-hybridized carbons (Fsp3) is 1.00. The predicted octanol–water partition coefficient (Wildman–Crippen LogP) is 2.51. The summed E-state index contributed by atoms with van der Waals surface area (Å²) in [4.78, 5) is 2.75. The average Bonchev–Trinajstić information content (AvgIpc) is 3.23. The minimum absolute atomic E-state index is 0.674. The SMILES string of the molecule is CNC1CCC(C(C)C)CC1N(CCOC)C1CC1. The molecule has 2 aliphatic carbocycles. The van der Waals surface area contributed by atoms with Gasteiger partial charge in [-0.05, 0) is 51.0 Å². The molecule has 0 aromatic carbocycles. The van der Waals surface area contributed by atoms with Gasteiger partial charge in [0, 0.05) is 31.8 Å². The highest BCUT2D eigenvalue weighted by molar-refractivity contribution is 4.97. The summed E-state index contributed by atoms with van der Waals surface area (Å²) in [7, 11) is 3.95. The van der Waals surface area contributed by atoms with E-state index >= 15 is 0 Å². The van der Waals surface area contributed by atoms with E-state index in [1.807, 2.05) is 7.11 Å². The summed E-state index contributed by atoms with van der Waals surface area (Å²) in [5.41, 5.74) is 0. The van der Waals surface area contributed by atoms with Crippen LogP contribution in [0.5, 0.6) is 0 Å². The van der Waals surface area contributed by atoms with Crippen LogP contribution in [-0.2, 0) is 4.74 Å². The molecule has 0 saturated heterocycles. The Kier molecular flexibility index (Phi) is 5.67. The number of ether oxygens (including phenoxy) is 1. The molecule has 3 unspecified atom stereocenters. The molecule has 3 nitrogen and oxygen atoms in total. The molecule has 19 heavy (non-hydrogen) atoms. The first-order chi connectivity index (χ1) is 9.17. The number of hydrogen-bond donors (Lipinski definition) is 1. The Morgan fingerprint density at radius 2 is 1.95 bits per heavy atom. The molecule has 0 aromatic heterocycles. The Labute approximate surface area is 119 Å². The van der Waals surface area contributed by atoms with Crippen LogP contribution in [0.2, 0.25) is 0 Å². The fourth-order valence-electron chi connectivity index (χ4n) is 3.71. The predicted molar refractivity (Wildman–Crippen MR) is 80.4 cm³/mol. The summed E-state index contributed by atoms with van der Waals surface area (Å²) in [6.07, 6.45) is 6.87. The second-order valence-corrected chi connectivity index (χ2v) is 6.74. The summed E-state index contributed by atoms with van der Waals surface area (Å²) in [5, 5.41) is 3.57. The van der Waals surface area contributed by atoms with E-state index in [-0.39, 0.29) is 0 Å². The quantitative estimate of drug-likeness (QED) is 0.768. The van der Waals surface area contributed by atoms with Crippen molar-refractivity contribution in [3.05, 3.63) is 0 Å². The smallest absolute Gasteiger partial charge is 0.0589 e. The molecule has 0 spiro atoms. The summed E-state index contributed by atoms with van der Waals surface area (Å²) in [5.74, 6) is 1.72. The zero-order valence-electron chi connectivity index (χ0n) is 13.2. The van der Waals surface area contributed by atoms with Crippen molar-refractivity contribution in [2.24, 2.45) is 11.8 Å². The minimum Gasteiger partial charge on any atom is -0.383 e. The highest BCUT2D eigenvalue weighted by Crippen LogP contribution is 2.37. The Bertz CT molecular complexity index is 265. The monoisotopic (exact) mass is 268 g/mol. The first kappa shape index (κ1) is 15.3. The number of hydrogen-bond acceptors (Lipinski definition) is 3. The zero-order chi connectivity index (χ0) is 13.8. The van der Waals surface area contributed by atoms with Crippen molar-refractivity contribution in [1.82, 2.24) is 10.2 Å². The van der Waals surface area contributed by atoms with E-state index in [1.165, 1.54) is 32.1 Å². The average molecular weight is 268 g/mol. The van der Waals surface area contributed by atoms with Crippen LogP contribution in [0, 0.1) is 11.8 Å². The van der Waals surface area contributed by atoms with Gasteiger partial charge in [0.15, 0.2) is 0 Å². The molecule has 0 aromatic rings. The molecule has 0 bridgehead atoms. The number of nitrogens with one attached hydrogen (secondary N) is 1. The molecule has 0 aliphatic heterocycles. The van der Waals surface area contributed by atoms with Crippen molar-refractivity contribution in [2.45, 2.75) is 64.1 Å². The third-order valence-corrected chi connectivity index (χ3v) is 5.17. The van der Waals surface area contributed by atoms with Crippen molar-refractivity contribution in [2.75, 3.05) is 27.3 Å². The minimum atomic E-state index is 0.674. The van der Waals surface area contributed by atoms with E-state index in [1.54, 1.807) is 0 Å². The summed E-state index contributed by atoms with van der Waals surface area (Å²) in [6.45, 7) is 6.75. The van der Waals surface area contributed by atoms with E-state index in [2.05, 4.69) is 31.1 Å². The summed E-state index contributed by atoms with van der Waals surface area (Å²) in [6, 6.07) is 2.23. The van der Waals surface area contributed by atoms with Gasteiger partial charge in [0.05, 0.1) is 6.61 Å². The maximum Gasteiger partial charge on any atom is 0.0589 e. The van der Waals surface area contributed by atoms with Crippen LogP contribution in [0.3, 0.4) is 0 Å². The van der Waals surface area contributed by atoms with Gasteiger partial charge in [-0.3, -0.25) is 4.90 Å². The molecule has 2 saturated carbocycles. The number of methoxy groups -OCH3 is 1. The van der Waals surface area contributed by atoms with Gasteiger partial charge in [-0.2, -0.15) is 0 Å². The Morgan fingerprint density at radius 1 is 1.21 bits per heavy atom. The molecule has 2 rings (SSSR count). The van der Waals surface area contributed by atoms with Crippen LogP contribution in [-0.4, -0.2) is 50.3 Å². The molecule has 112 valence electrons. The maximum absolute atomic E-state index is 5.32. The highest BCUT2D eigenvalue weighted by atomic mass is 16.5. The van der Waals surface area contributed by atoms with Gasteiger partial charge in [-0.25, -0.2) is 0 Å². The van der Waals surface area contributed by atoms with Crippen molar-refractivity contribution < 1.29 is 4.74 Å². The Balaban J connectivity index is 2.01. The van der Waals surface area contributed by atoms with Gasteiger partial charge in [0.1, 0.15) is 0 Å². The van der Waals surface area contributed by atoms with Gasteiger partial charge in [0.2, 0.25) is 0 Å². The van der Waals surface area contributed by atoms with Gasteiger partial charge in [-0.15, -0.1) is 0 Å². The van der Waals surface area contributed by atoms with E-state index < -0.39 is 0 Å². The Hall–Kier alpha value is -0.120. The lowest BCUT2D eigenvalue weighted by atomic mass is 9.76. The number of nitrogens with zero attached hydrogens (tertiary/aromatic N) is 1. The normalized spacial score (nSPS) is 32.2. The van der Waals surface area contributed by atoms with Gasteiger partial charge in [-0.1, -0.05) is 13.8 Å². The van der Waals surface area contributed by atoms with E-state index in [0.29, 0.717) is 12.1 Å². The third-order valence-electron chi connectivity index (χ3n) is 5.17. The second-order valence-electron chi connectivity index (χ2n) is 6.74. The molecule has 3 atom stereocenters. The molecule has 1 N–H and O–H groups in total. The molecule has 0 amide bonds. The highest BCUT2D eigenvalue weighted by Gasteiger charge is 2.40. The number of likely N-dealkylation sites (N-methyl/N-ethyl adjacent to an activating group) is 1. The zero-order valence-corrected chi connectivity index (χ0v) is 13.2. The third kappa shape index (κ3) is 3.93. The second kappa shape index (κ2) is 7.05. The molecule has 3 heteroatoms. The molecule has 0 heterocycles. The lowest BCUT2D eigenvalue weighted by Crippen LogP contribution is -2.54. The topological polar surface area (TPSA) is 24.5 Å². The van der Waals surface area contributed by atoms with E-state index in [9.17, 15) is 0 Å². The summed E-state index contributed by atoms with van der Waals surface area (Å²) >= 11 is 0. The van der Waals surface area contributed by atoms with E-state index in [0.717, 1.165) is 31.0 Å². The van der Waals surface area contributed by atoms with Gasteiger partial charge in [0.25, 0.3) is 0 Å². The van der Waals surface area contributed by atoms with Crippen LogP contribution in [0.1, 0.15) is 46.0 Å². The van der Waals surface area contributed by atoms with Crippen LogP contribution >= 0.6 is 0 Å². The van der Waals surface area contributed by atoms with Crippen molar-refractivity contribution in [3.63, 3.8) is 0 Å². The first-order valence-electron chi connectivity index (χ1n) is 8.09. The standard InChI is InChI=1S/C16H32N2O/c1-12(2)13-5-8-15(17-3)16(11-13)18(9-10-19-4)14-6-7-14/h12-17H,5-11H2,1-4H3. The maximum atomic E-state index is 5.32. The van der Waals surface area contributed by atoms with Crippen molar-refractivity contribution >= 4 is 0 Å². The van der Waals surface area contributed by atoms with E-state index in [4.69, 9.17) is 4.74 Å². The Morgan fingerprint density at radius 3 is 2.47 bits per heavy atom. The lowest BCUT2D eigenvalue weighted by molar-refractivity contribution is 0.0555. The van der Waals surface area contributed by atoms with Crippen molar-refractivity contribution in [1.29, 1.82) is 0 Å². The van der Waals surface area contributed by atoms with Crippen LogP contribution < -0.4 is 5.32 Å².